The van der Waals surface area contributed by atoms with Crippen LogP contribution in [0, 0.1) is 5.92 Å². The largest absolute Gasteiger partial charge is 0.488 e. The summed E-state index contributed by atoms with van der Waals surface area (Å²) < 4.78 is 5.83. The van der Waals surface area contributed by atoms with Crippen LogP contribution in [0.2, 0.25) is 0 Å². The molecule has 0 unspecified atom stereocenters. The van der Waals surface area contributed by atoms with Gasteiger partial charge in [0.25, 0.3) is 0 Å². The van der Waals surface area contributed by atoms with Gasteiger partial charge < -0.3 is 4.74 Å². The van der Waals surface area contributed by atoms with Crippen LogP contribution in [0.25, 0.3) is 0 Å². The topological polar surface area (TPSA) is 26.3 Å². The molecule has 0 aromatic heterocycles. The third kappa shape index (κ3) is 3.88. The second kappa shape index (κ2) is 5.35. The van der Waals surface area contributed by atoms with Crippen molar-refractivity contribution in [1.82, 2.24) is 0 Å². The number of benzene rings is 1. The molecule has 0 atom stereocenters. The molecule has 0 amide bonds. The van der Waals surface area contributed by atoms with Crippen molar-refractivity contribution >= 4 is 5.78 Å². The Morgan fingerprint density at radius 2 is 1.76 bits per heavy atom. The van der Waals surface area contributed by atoms with Gasteiger partial charge in [-0.3, -0.25) is 4.79 Å². The number of carbonyl (C=O) groups excluding carboxylic acids is 1. The van der Waals surface area contributed by atoms with E-state index in [1.807, 2.05) is 38.1 Å². The van der Waals surface area contributed by atoms with Gasteiger partial charge in [-0.2, -0.15) is 0 Å². The van der Waals surface area contributed by atoms with Crippen LogP contribution in [0.1, 0.15) is 51.4 Å². The molecule has 0 saturated carbocycles. The summed E-state index contributed by atoms with van der Waals surface area (Å²) in [5.41, 5.74) is 0.588. The molecule has 0 radical (unpaired) electrons. The first-order chi connectivity index (χ1) is 7.85. The first-order valence-corrected chi connectivity index (χ1v) is 6.19. The van der Waals surface area contributed by atoms with E-state index in [-0.39, 0.29) is 17.3 Å². The monoisotopic (exact) mass is 234 g/mol. The second-order valence-corrected chi connectivity index (χ2v) is 5.26. The van der Waals surface area contributed by atoms with Crippen LogP contribution in [0.4, 0.5) is 0 Å². The molecule has 0 aliphatic rings. The van der Waals surface area contributed by atoms with Crippen molar-refractivity contribution in [3.8, 4) is 5.75 Å². The fraction of sp³-hybridized carbons (Fsp3) is 0.533. The maximum absolute atomic E-state index is 11.8. The number of Topliss-reactive ketones (excluding diaryl/α,β-unsaturated/α-hetero) is 1. The summed E-state index contributed by atoms with van der Waals surface area (Å²) in [6, 6.07) is 7.41. The normalized spacial score (nSPS) is 11.6. The third-order valence-corrected chi connectivity index (χ3v) is 2.91. The van der Waals surface area contributed by atoms with E-state index in [1.165, 1.54) is 0 Å². The molecule has 1 aromatic carbocycles. The number of rotatable bonds is 5. The Bertz CT molecular complexity index is 374. The molecule has 0 bridgehead atoms. The molecule has 0 heterocycles. The molecule has 2 nitrogen and oxygen atoms in total. The van der Waals surface area contributed by atoms with Gasteiger partial charge in [0.15, 0.2) is 5.78 Å². The minimum atomic E-state index is -0.163. The second-order valence-electron chi connectivity index (χ2n) is 5.26. The van der Waals surface area contributed by atoms with Crippen molar-refractivity contribution in [3.63, 3.8) is 0 Å². The van der Waals surface area contributed by atoms with Gasteiger partial charge in [0, 0.05) is 11.5 Å². The van der Waals surface area contributed by atoms with Crippen molar-refractivity contribution in [1.29, 1.82) is 0 Å². The van der Waals surface area contributed by atoms with Gasteiger partial charge in [-0.15, -0.1) is 0 Å². The van der Waals surface area contributed by atoms with E-state index in [0.29, 0.717) is 0 Å². The zero-order valence-corrected chi connectivity index (χ0v) is 11.4. The highest BCUT2D eigenvalue weighted by molar-refractivity contribution is 5.97. The van der Waals surface area contributed by atoms with E-state index >= 15 is 0 Å². The molecular weight excluding hydrogens is 212 g/mol. The Labute approximate surface area is 104 Å². The van der Waals surface area contributed by atoms with Crippen molar-refractivity contribution < 1.29 is 9.53 Å². The number of ketones is 1. The lowest BCUT2D eigenvalue weighted by molar-refractivity contribution is 0.0939. The van der Waals surface area contributed by atoms with Crippen molar-refractivity contribution in [3.05, 3.63) is 29.8 Å². The van der Waals surface area contributed by atoms with Crippen molar-refractivity contribution in [2.24, 2.45) is 5.92 Å². The maximum Gasteiger partial charge on any atom is 0.165 e. The molecule has 0 aliphatic heterocycles. The smallest absolute Gasteiger partial charge is 0.165 e. The van der Waals surface area contributed by atoms with Crippen LogP contribution < -0.4 is 4.74 Å². The molecule has 0 aliphatic carbocycles. The molecule has 1 rings (SSSR count). The Morgan fingerprint density at radius 3 is 2.18 bits per heavy atom. The van der Waals surface area contributed by atoms with Crippen LogP contribution in [0.3, 0.4) is 0 Å². The Morgan fingerprint density at radius 1 is 1.24 bits per heavy atom. The summed E-state index contributed by atoms with van der Waals surface area (Å²) in [5, 5.41) is 0. The average molecular weight is 234 g/mol. The fourth-order valence-electron chi connectivity index (χ4n) is 1.41. The summed E-state index contributed by atoms with van der Waals surface area (Å²) in [6.07, 6.45) is 0.944. The Balaban J connectivity index is 2.78. The van der Waals surface area contributed by atoms with Crippen molar-refractivity contribution in [2.45, 2.75) is 46.6 Å². The van der Waals surface area contributed by atoms with E-state index in [1.54, 1.807) is 0 Å². The SMILES string of the molecule is CCC(C)(C)Oc1ccc(C(=O)C(C)C)cc1. The van der Waals surface area contributed by atoms with E-state index in [0.717, 1.165) is 17.7 Å². The standard InChI is InChI=1S/C15H22O2/c1-6-15(4,5)17-13-9-7-12(8-10-13)14(16)11(2)3/h7-11H,6H2,1-5H3. The number of carbonyl (C=O) groups is 1. The van der Waals surface area contributed by atoms with E-state index in [2.05, 4.69) is 20.8 Å². The van der Waals surface area contributed by atoms with Crippen LogP contribution in [0.5, 0.6) is 5.75 Å². The summed E-state index contributed by atoms with van der Waals surface area (Å²) in [5.74, 6) is 1.03. The van der Waals surface area contributed by atoms with E-state index < -0.39 is 0 Å². The first-order valence-electron chi connectivity index (χ1n) is 6.19. The highest BCUT2D eigenvalue weighted by atomic mass is 16.5. The molecule has 0 saturated heterocycles. The highest BCUT2D eigenvalue weighted by Gasteiger charge is 2.17. The molecule has 94 valence electrons. The molecule has 2 heteroatoms. The van der Waals surface area contributed by atoms with E-state index in [4.69, 9.17) is 4.74 Å². The van der Waals surface area contributed by atoms with Crippen LogP contribution >= 0.6 is 0 Å². The van der Waals surface area contributed by atoms with Crippen LogP contribution in [-0.2, 0) is 0 Å². The zero-order valence-electron chi connectivity index (χ0n) is 11.4. The lowest BCUT2D eigenvalue weighted by Gasteiger charge is -2.24. The van der Waals surface area contributed by atoms with Crippen molar-refractivity contribution in [2.75, 3.05) is 0 Å². The first kappa shape index (κ1) is 13.8. The summed E-state index contributed by atoms with van der Waals surface area (Å²) in [6.45, 7) is 10.0. The summed E-state index contributed by atoms with van der Waals surface area (Å²) >= 11 is 0. The van der Waals surface area contributed by atoms with Gasteiger partial charge in [-0.25, -0.2) is 0 Å². The lowest BCUT2D eigenvalue weighted by Crippen LogP contribution is -2.26. The van der Waals surface area contributed by atoms with Gasteiger partial charge >= 0.3 is 0 Å². The minimum Gasteiger partial charge on any atom is -0.488 e. The zero-order chi connectivity index (χ0) is 13.1. The van der Waals surface area contributed by atoms with Crippen LogP contribution in [-0.4, -0.2) is 11.4 Å². The molecule has 1 aromatic rings. The Kier molecular flexibility index (Phi) is 4.33. The molecule has 0 N–H and O–H groups in total. The van der Waals surface area contributed by atoms with Gasteiger partial charge in [0.1, 0.15) is 11.4 Å². The predicted octanol–water partition coefficient (Wildman–Crippen LogP) is 4.09. The molecule has 0 fully saturated rings. The molecular formula is C15H22O2. The summed E-state index contributed by atoms with van der Waals surface area (Å²) in [7, 11) is 0. The number of ether oxygens (including phenoxy) is 1. The molecule has 17 heavy (non-hydrogen) atoms. The Hall–Kier alpha value is -1.31. The lowest BCUT2D eigenvalue weighted by atomic mass is 10.0. The van der Waals surface area contributed by atoms with E-state index in [9.17, 15) is 4.79 Å². The predicted molar refractivity (Wildman–Crippen MR) is 70.6 cm³/mol. The van der Waals surface area contributed by atoms with Gasteiger partial charge in [-0.1, -0.05) is 20.8 Å². The fourth-order valence-corrected chi connectivity index (χ4v) is 1.41. The van der Waals surface area contributed by atoms with Gasteiger partial charge in [0.05, 0.1) is 0 Å². The van der Waals surface area contributed by atoms with Crippen LogP contribution in [0.15, 0.2) is 24.3 Å². The summed E-state index contributed by atoms with van der Waals surface area (Å²) in [4.78, 5) is 11.8. The maximum atomic E-state index is 11.8. The minimum absolute atomic E-state index is 0.0360. The average Bonchev–Trinajstić information content (AvgIpc) is 2.28. The third-order valence-electron chi connectivity index (χ3n) is 2.91. The quantitative estimate of drug-likeness (QED) is 0.717. The highest BCUT2D eigenvalue weighted by Crippen LogP contribution is 2.21. The van der Waals surface area contributed by atoms with Gasteiger partial charge in [0.2, 0.25) is 0 Å². The number of hydrogen-bond acceptors (Lipinski definition) is 2. The number of hydrogen-bond donors (Lipinski definition) is 0. The van der Waals surface area contributed by atoms with Gasteiger partial charge in [-0.05, 0) is 44.5 Å². The molecule has 0 spiro atoms.